The Kier molecular flexibility index (Phi) is 13.3. The summed E-state index contributed by atoms with van der Waals surface area (Å²) < 4.78 is 17.0. The van der Waals surface area contributed by atoms with Gasteiger partial charge in [-0.05, 0) is 142 Å². The van der Waals surface area contributed by atoms with Crippen molar-refractivity contribution in [3.63, 3.8) is 0 Å². The lowest BCUT2D eigenvalue weighted by Crippen LogP contribution is -1.99. The number of aliphatic imine (C=N–C) groups is 3. The molecule has 3 amide bonds. The van der Waals surface area contributed by atoms with E-state index in [0.29, 0.717) is 96.1 Å². The van der Waals surface area contributed by atoms with Crippen molar-refractivity contribution in [3.05, 3.63) is 268 Å². The number of aromatic nitrogens is 5. The molecule has 3 aliphatic heterocycles. The number of fused-ring (bicyclic) bond motifs is 5. The van der Waals surface area contributed by atoms with Crippen LogP contribution in [0.4, 0.5) is 0 Å². The minimum atomic E-state index is -0.394. The number of benzene rings is 6. The molecular weight excluding hydrogens is 1160 g/mol. The summed E-state index contributed by atoms with van der Waals surface area (Å²) in [5.41, 5.74) is 13.0. The third-order valence-corrected chi connectivity index (χ3v) is 16.7. The number of nitrogens with zero attached hydrogens (tertiary/aromatic N) is 3. The molecule has 17 nitrogen and oxygen atoms in total. The van der Waals surface area contributed by atoms with Gasteiger partial charge in [0.2, 0.25) is 0 Å². The maximum atomic E-state index is 12.8. The Balaban J connectivity index is 0.000000113. The van der Waals surface area contributed by atoms with Crippen LogP contribution in [0.5, 0.6) is 39.3 Å². The molecule has 0 saturated carbocycles. The van der Waals surface area contributed by atoms with Crippen molar-refractivity contribution < 1.29 is 43.6 Å². The first kappa shape index (κ1) is 53.7. The highest BCUT2D eigenvalue weighted by Crippen LogP contribution is 2.43. The molecule has 0 radical (unpaired) electrons. The molecule has 3 aliphatic rings. The fourth-order valence-electron chi connectivity index (χ4n) is 11.2. The molecule has 0 atom stereocenters. The minimum absolute atomic E-state index is 0.0630. The van der Waals surface area contributed by atoms with Crippen LogP contribution in [-0.2, 0) is 0 Å². The molecule has 14 aromatic rings. The summed E-state index contributed by atoms with van der Waals surface area (Å²) in [6.07, 6.45) is 1.51. The van der Waals surface area contributed by atoms with Gasteiger partial charge in [0.05, 0.1) is 73.8 Å². The second kappa shape index (κ2) is 22.1. The van der Waals surface area contributed by atoms with Crippen LogP contribution in [0.15, 0.2) is 237 Å². The van der Waals surface area contributed by atoms with E-state index in [2.05, 4.69) is 39.9 Å². The van der Waals surface area contributed by atoms with Crippen LogP contribution >= 0.6 is 22.7 Å². The third-order valence-electron chi connectivity index (χ3n) is 15.3. The van der Waals surface area contributed by atoms with Crippen molar-refractivity contribution >= 4 is 79.3 Å². The van der Waals surface area contributed by atoms with Gasteiger partial charge in [-0.2, -0.15) is 0 Å². The number of amides is 3. The number of carbonyl (C=O) groups is 3. The number of hydrogen-bond acceptors (Lipinski definition) is 11. The normalized spacial score (nSPS) is 12.9. The standard InChI is InChI=1S/C26H16N2O4S2.C22H14N4O2.C22H14N2O3/c29-25-21-22(24(28-25)16-7-11-18(12-8-16)32-20-4-2-14-34-20)26(30)27-23(21)15-5-9-17(10-6-15)31-19-3-1-13-33-19;27-21-17-18(20(26-21)16-10-12-6-2-4-8-14(12)24-16)22(28)25-19(17)15-9-11-5-1-3-7-13(11)23-15;25-21-17-18(20(24-21)16-7-4-12-27-16)22(26)23-19(17)15-10-8-14(9-11-15)13-5-2-1-3-6-13/h1-14,27,30H;1-10,23-25,28H;1-12,23,26H. The molecule has 430 valence electrons. The van der Waals surface area contributed by atoms with Crippen molar-refractivity contribution in [2.45, 2.75) is 0 Å². The fourth-order valence-corrected chi connectivity index (χ4v) is 12.4. The molecule has 19 heteroatoms. The summed E-state index contributed by atoms with van der Waals surface area (Å²) in [5, 5.41) is 39.2. The molecule has 8 N–H and O–H groups in total. The van der Waals surface area contributed by atoms with Gasteiger partial charge in [-0.15, -0.1) is 22.7 Å². The topological polar surface area (TPSA) is 260 Å². The first-order valence-corrected chi connectivity index (χ1v) is 29.6. The molecule has 89 heavy (non-hydrogen) atoms. The zero-order valence-corrected chi connectivity index (χ0v) is 47.9. The zero-order valence-electron chi connectivity index (χ0n) is 46.2. The lowest BCUT2D eigenvalue weighted by Gasteiger charge is -2.05. The van der Waals surface area contributed by atoms with Gasteiger partial charge in [-0.3, -0.25) is 14.4 Å². The molecule has 6 aromatic carbocycles. The van der Waals surface area contributed by atoms with Gasteiger partial charge in [0.1, 0.15) is 22.9 Å². The molecule has 8 aromatic heterocycles. The van der Waals surface area contributed by atoms with E-state index in [1.807, 2.05) is 199 Å². The monoisotopic (exact) mass is 1200 g/mol. The first-order valence-electron chi connectivity index (χ1n) is 27.8. The Labute approximate surface area is 512 Å². The Morgan fingerprint density at radius 1 is 0.371 bits per heavy atom. The van der Waals surface area contributed by atoms with E-state index in [0.717, 1.165) is 59.9 Å². The number of carbonyl (C=O) groups excluding carboxylic acids is 3. The first-order chi connectivity index (χ1) is 43.6. The zero-order chi connectivity index (χ0) is 60.3. The lowest BCUT2D eigenvalue weighted by molar-refractivity contribution is 0.0998. The summed E-state index contributed by atoms with van der Waals surface area (Å²) in [4.78, 5) is 66.1. The Bertz CT molecular complexity index is 5080. The van der Waals surface area contributed by atoms with E-state index in [1.165, 1.54) is 28.9 Å². The van der Waals surface area contributed by atoms with Crippen LogP contribution in [0.2, 0.25) is 0 Å². The van der Waals surface area contributed by atoms with Crippen LogP contribution in [0.25, 0.3) is 66.8 Å². The van der Waals surface area contributed by atoms with E-state index in [-0.39, 0.29) is 23.5 Å². The van der Waals surface area contributed by atoms with Gasteiger partial charge in [-0.25, -0.2) is 15.0 Å². The van der Waals surface area contributed by atoms with Crippen molar-refractivity contribution in [2.24, 2.45) is 15.0 Å². The smallest absolute Gasteiger partial charge is 0.280 e. The quantitative estimate of drug-likeness (QED) is 0.0611. The van der Waals surface area contributed by atoms with Crippen molar-refractivity contribution in [1.29, 1.82) is 0 Å². The van der Waals surface area contributed by atoms with Gasteiger partial charge in [0.15, 0.2) is 33.5 Å². The Hall–Kier alpha value is -12.1. The number of para-hydroxylation sites is 2. The number of thiophene rings is 2. The van der Waals surface area contributed by atoms with E-state index >= 15 is 0 Å². The number of hydrogen-bond donors (Lipinski definition) is 8. The average molecular weight is 1210 g/mol. The number of aromatic hydroxyl groups is 3. The maximum Gasteiger partial charge on any atom is 0.280 e. The highest BCUT2D eigenvalue weighted by atomic mass is 32.1. The van der Waals surface area contributed by atoms with E-state index in [1.54, 1.807) is 12.1 Å². The van der Waals surface area contributed by atoms with Crippen molar-refractivity contribution in [3.8, 4) is 84.3 Å². The number of H-pyrrole nitrogens is 5. The summed E-state index contributed by atoms with van der Waals surface area (Å²) in [6.45, 7) is 0. The Morgan fingerprint density at radius 2 is 0.809 bits per heavy atom. The molecule has 11 heterocycles. The van der Waals surface area contributed by atoms with Gasteiger partial charge >= 0.3 is 0 Å². The number of rotatable bonds is 11. The van der Waals surface area contributed by atoms with Crippen LogP contribution < -0.4 is 9.47 Å². The predicted octanol–water partition coefficient (Wildman–Crippen LogP) is 16.1. The largest absolute Gasteiger partial charge is 0.494 e. The molecular formula is C70H44N8O9S2. The number of furan rings is 1. The Morgan fingerprint density at radius 3 is 1.35 bits per heavy atom. The molecule has 0 bridgehead atoms. The highest BCUT2D eigenvalue weighted by molar-refractivity contribution is 7.12. The molecule has 17 rings (SSSR count). The average Bonchev–Trinajstić information content (AvgIpc) is 1.78. The molecule has 0 unspecified atom stereocenters. The lowest BCUT2D eigenvalue weighted by atomic mass is 10.00. The number of ether oxygens (including phenoxy) is 2. The van der Waals surface area contributed by atoms with Gasteiger partial charge in [0, 0.05) is 27.4 Å². The summed E-state index contributed by atoms with van der Waals surface area (Å²) >= 11 is 3.02. The summed E-state index contributed by atoms with van der Waals surface area (Å²) in [6, 6.07) is 63.2. The van der Waals surface area contributed by atoms with Gasteiger partial charge in [0.25, 0.3) is 17.7 Å². The molecule has 0 aliphatic carbocycles. The van der Waals surface area contributed by atoms with Crippen LogP contribution in [0, 0.1) is 0 Å². The van der Waals surface area contributed by atoms with Crippen molar-refractivity contribution in [1.82, 2.24) is 24.9 Å². The molecule has 0 saturated heterocycles. The van der Waals surface area contributed by atoms with E-state index in [4.69, 9.17) is 13.9 Å². The minimum Gasteiger partial charge on any atom is -0.494 e. The van der Waals surface area contributed by atoms with Crippen LogP contribution in [-0.4, -0.2) is 75.1 Å². The van der Waals surface area contributed by atoms with E-state index in [9.17, 15) is 29.7 Å². The number of aromatic amines is 5. The SMILES string of the molecule is O=C1N=C(c2cc3ccccc3[nH]2)c2c(O)[nH]c(-c3cc4ccccc4[nH]3)c21.O=C1N=C(c2ccc(Oc3cccs3)cc2)c2c(O)[nH]c(-c3ccc(Oc4cccs4)cc3)c21.O=C1N=C(c2ccco2)c2c(O)[nH]c(-c3ccc(-c4ccccc4)cc3)c21. The fraction of sp³-hybridized carbons (Fsp3) is 0. The number of nitrogens with one attached hydrogen (secondary N) is 5. The van der Waals surface area contributed by atoms with Gasteiger partial charge in [-0.1, -0.05) is 91.0 Å². The van der Waals surface area contributed by atoms with Crippen LogP contribution in [0.3, 0.4) is 0 Å². The van der Waals surface area contributed by atoms with Gasteiger partial charge < -0.3 is 54.1 Å². The van der Waals surface area contributed by atoms with Crippen molar-refractivity contribution in [2.75, 3.05) is 0 Å². The third kappa shape index (κ3) is 9.88. The second-order valence-corrected chi connectivity index (χ2v) is 22.5. The van der Waals surface area contributed by atoms with E-state index < -0.39 is 11.8 Å². The maximum absolute atomic E-state index is 12.8. The summed E-state index contributed by atoms with van der Waals surface area (Å²) in [5.74, 6) is 0.417. The molecule has 0 spiro atoms. The molecule has 0 fully saturated rings. The predicted molar refractivity (Wildman–Crippen MR) is 343 cm³/mol. The highest BCUT2D eigenvalue weighted by Gasteiger charge is 2.37. The summed E-state index contributed by atoms with van der Waals surface area (Å²) in [7, 11) is 0. The van der Waals surface area contributed by atoms with Crippen LogP contribution in [0.1, 0.15) is 64.8 Å². The second-order valence-electron chi connectivity index (χ2n) is 20.7.